The van der Waals surface area contributed by atoms with E-state index in [1.54, 1.807) is 11.8 Å². The van der Waals surface area contributed by atoms with Gasteiger partial charge in [0.15, 0.2) is 5.16 Å². The lowest BCUT2D eigenvalue weighted by Crippen LogP contribution is -2.41. The number of imidazole rings is 1. The second-order valence-corrected chi connectivity index (χ2v) is 7.43. The van der Waals surface area contributed by atoms with Crippen molar-refractivity contribution in [3.63, 3.8) is 0 Å². The van der Waals surface area contributed by atoms with Crippen molar-refractivity contribution in [1.29, 1.82) is 0 Å². The summed E-state index contributed by atoms with van der Waals surface area (Å²) in [5.74, 6) is 0.254. The van der Waals surface area contributed by atoms with E-state index >= 15 is 0 Å². The molecule has 0 saturated carbocycles. The number of amides is 1. The molecule has 0 radical (unpaired) electrons. The average Bonchev–Trinajstić information content (AvgIpc) is 3.25. The first-order valence-corrected chi connectivity index (χ1v) is 9.34. The van der Waals surface area contributed by atoms with Gasteiger partial charge >= 0.3 is 0 Å². The second-order valence-electron chi connectivity index (χ2n) is 6.24. The lowest BCUT2D eigenvalue weighted by atomic mass is 10.1. The van der Waals surface area contributed by atoms with Crippen molar-refractivity contribution in [3.8, 4) is 11.3 Å². The third-order valence-corrected chi connectivity index (χ3v) is 5.87. The van der Waals surface area contributed by atoms with Crippen LogP contribution in [0.25, 0.3) is 11.3 Å². The number of hydrogen-bond donors (Lipinski definition) is 1. The highest BCUT2D eigenvalue weighted by Gasteiger charge is 2.37. The number of carbonyl (C=O) groups is 1. The molecule has 4 rings (SSSR count). The molecule has 24 heavy (non-hydrogen) atoms. The number of thioether (sulfide) groups is 1. The molecule has 2 aromatic rings. The smallest absolute Gasteiger partial charge is 0.236 e. The third kappa shape index (κ3) is 3.21. The number of rotatable bonds is 4. The first kappa shape index (κ1) is 15.7. The zero-order chi connectivity index (χ0) is 16.4. The number of nitrogens with one attached hydrogen (secondary N) is 1. The standard InChI is InChI=1S/C18H21N3O2S/c22-17-16(6-9-21(17)14-7-10-23-11-8-14)24-18-19-12-15(20-18)13-4-2-1-3-5-13/h1-5,12,14,16H,6-11H2,(H,19,20)/t16-/m1/s1. The van der Waals surface area contributed by atoms with E-state index in [2.05, 4.69) is 27.0 Å². The number of H-pyrrole nitrogens is 1. The highest BCUT2D eigenvalue weighted by molar-refractivity contribution is 8.00. The van der Waals surface area contributed by atoms with Crippen molar-refractivity contribution in [2.45, 2.75) is 35.7 Å². The minimum absolute atomic E-state index is 0.0254. The summed E-state index contributed by atoms with van der Waals surface area (Å²) in [4.78, 5) is 22.5. The topological polar surface area (TPSA) is 58.2 Å². The molecular weight excluding hydrogens is 322 g/mol. The van der Waals surface area contributed by atoms with Gasteiger partial charge in [-0.1, -0.05) is 42.1 Å². The maximum Gasteiger partial charge on any atom is 0.236 e. The van der Waals surface area contributed by atoms with Crippen molar-refractivity contribution < 1.29 is 9.53 Å². The Morgan fingerprint density at radius 2 is 1.96 bits per heavy atom. The van der Waals surface area contributed by atoms with E-state index in [9.17, 15) is 4.79 Å². The minimum Gasteiger partial charge on any atom is -0.381 e. The van der Waals surface area contributed by atoms with Crippen LogP contribution in [0.1, 0.15) is 19.3 Å². The van der Waals surface area contributed by atoms with Gasteiger partial charge in [0, 0.05) is 25.8 Å². The minimum atomic E-state index is -0.0254. The van der Waals surface area contributed by atoms with Gasteiger partial charge in [0.25, 0.3) is 0 Å². The molecule has 126 valence electrons. The van der Waals surface area contributed by atoms with E-state index < -0.39 is 0 Å². The first-order chi connectivity index (χ1) is 11.8. The van der Waals surface area contributed by atoms with Crippen LogP contribution in [0.4, 0.5) is 0 Å². The molecule has 0 bridgehead atoms. The fraction of sp³-hybridized carbons (Fsp3) is 0.444. The van der Waals surface area contributed by atoms with Crippen molar-refractivity contribution in [1.82, 2.24) is 14.9 Å². The Labute approximate surface area is 145 Å². The molecule has 5 nitrogen and oxygen atoms in total. The lowest BCUT2D eigenvalue weighted by molar-refractivity contribution is -0.130. The van der Waals surface area contributed by atoms with Crippen LogP contribution >= 0.6 is 11.8 Å². The first-order valence-electron chi connectivity index (χ1n) is 8.46. The lowest BCUT2D eigenvalue weighted by Gasteiger charge is -2.31. The van der Waals surface area contributed by atoms with E-state index in [0.717, 1.165) is 55.4 Å². The number of nitrogens with zero attached hydrogens (tertiary/aromatic N) is 2. The summed E-state index contributed by atoms with van der Waals surface area (Å²) in [6.45, 7) is 2.39. The number of ether oxygens (including phenoxy) is 1. The van der Waals surface area contributed by atoms with Crippen LogP contribution < -0.4 is 0 Å². The quantitative estimate of drug-likeness (QED) is 0.927. The molecular formula is C18H21N3O2S. The normalized spacial score (nSPS) is 22.2. The zero-order valence-electron chi connectivity index (χ0n) is 13.5. The fourth-order valence-electron chi connectivity index (χ4n) is 3.41. The summed E-state index contributed by atoms with van der Waals surface area (Å²) in [7, 11) is 0. The van der Waals surface area contributed by atoms with Gasteiger partial charge in [-0.15, -0.1) is 0 Å². The van der Waals surface area contributed by atoms with Gasteiger partial charge in [0.05, 0.1) is 17.1 Å². The summed E-state index contributed by atoms with van der Waals surface area (Å²) < 4.78 is 5.40. The Morgan fingerprint density at radius 1 is 1.17 bits per heavy atom. The Morgan fingerprint density at radius 3 is 2.75 bits per heavy atom. The zero-order valence-corrected chi connectivity index (χ0v) is 14.3. The Balaban J connectivity index is 1.41. The van der Waals surface area contributed by atoms with Gasteiger partial charge < -0.3 is 14.6 Å². The van der Waals surface area contributed by atoms with Gasteiger partial charge in [-0.2, -0.15) is 0 Å². The van der Waals surface area contributed by atoms with Gasteiger partial charge in [0.2, 0.25) is 5.91 Å². The Hall–Kier alpha value is -1.79. The maximum absolute atomic E-state index is 12.7. The van der Waals surface area contributed by atoms with Crippen LogP contribution in [0.3, 0.4) is 0 Å². The summed E-state index contributed by atoms with van der Waals surface area (Å²) in [5, 5.41) is 0.795. The van der Waals surface area contributed by atoms with Crippen molar-refractivity contribution in [2.75, 3.05) is 19.8 Å². The van der Waals surface area contributed by atoms with Gasteiger partial charge in [-0.05, 0) is 24.8 Å². The Kier molecular flexibility index (Phi) is 4.58. The van der Waals surface area contributed by atoms with Gasteiger partial charge in [-0.25, -0.2) is 4.98 Å². The Bertz CT molecular complexity index is 697. The van der Waals surface area contributed by atoms with Gasteiger partial charge in [-0.3, -0.25) is 4.79 Å². The highest BCUT2D eigenvalue weighted by atomic mass is 32.2. The van der Waals surface area contributed by atoms with E-state index in [1.807, 2.05) is 24.4 Å². The van der Waals surface area contributed by atoms with E-state index in [-0.39, 0.29) is 11.2 Å². The number of hydrogen-bond acceptors (Lipinski definition) is 4. The van der Waals surface area contributed by atoms with Crippen LogP contribution in [-0.4, -0.2) is 51.8 Å². The van der Waals surface area contributed by atoms with Crippen LogP contribution in [-0.2, 0) is 9.53 Å². The average molecular weight is 343 g/mol. The summed E-state index contributed by atoms with van der Waals surface area (Å²) in [6, 6.07) is 10.5. The SMILES string of the molecule is O=C1[C@H](Sc2ncc(-c3ccccc3)[nH]2)CCN1C1CCOCC1. The molecule has 0 aliphatic carbocycles. The van der Waals surface area contributed by atoms with Gasteiger partial charge in [0.1, 0.15) is 0 Å². The van der Waals surface area contributed by atoms with E-state index in [1.165, 1.54) is 0 Å². The molecule has 2 saturated heterocycles. The van der Waals surface area contributed by atoms with Crippen LogP contribution in [0.5, 0.6) is 0 Å². The van der Waals surface area contributed by atoms with Crippen molar-refractivity contribution >= 4 is 17.7 Å². The molecule has 1 atom stereocenters. The third-order valence-electron chi connectivity index (χ3n) is 4.71. The summed E-state index contributed by atoms with van der Waals surface area (Å²) in [6.07, 6.45) is 4.65. The largest absolute Gasteiger partial charge is 0.381 e. The highest BCUT2D eigenvalue weighted by Crippen LogP contribution is 2.32. The van der Waals surface area contributed by atoms with Crippen LogP contribution in [0.15, 0.2) is 41.7 Å². The van der Waals surface area contributed by atoms with E-state index in [4.69, 9.17) is 4.74 Å². The fourth-order valence-corrected chi connectivity index (χ4v) is 4.42. The summed E-state index contributed by atoms with van der Waals surface area (Å²) >= 11 is 1.55. The van der Waals surface area contributed by atoms with Crippen molar-refractivity contribution in [2.24, 2.45) is 0 Å². The number of aromatic amines is 1. The molecule has 1 amide bonds. The van der Waals surface area contributed by atoms with E-state index in [0.29, 0.717) is 6.04 Å². The molecule has 1 aromatic heterocycles. The second kappa shape index (κ2) is 6.99. The monoisotopic (exact) mass is 343 g/mol. The van der Waals surface area contributed by atoms with Crippen LogP contribution in [0.2, 0.25) is 0 Å². The molecule has 0 unspecified atom stereocenters. The molecule has 2 aliphatic heterocycles. The predicted octanol–water partition coefficient (Wildman–Crippen LogP) is 2.95. The number of aromatic nitrogens is 2. The van der Waals surface area contributed by atoms with Crippen molar-refractivity contribution in [3.05, 3.63) is 36.5 Å². The molecule has 3 heterocycles. The molecule has 0 spiro atoms. The molecule has 6 heteroatoms. The molecule has 2 aliphatic rings. The summed E-state index contributed by atoms with van der Waals surface area (Å²) in [5.41, 5.74) is 2.10. The molecule has 1 aromatic carbocycles. The number of likely N-dealkylation sites (tertiary alicyclic amines) is 1. The van der Waals surface area contributed by atoms with Crippen LogP contribution in [0, 0.1) is 0 Å². The molecule has 1 N–H and O–H groups in total. The maximum atomic E-state index is 12.7. The number of benzene rings is 1. The number of carbonyl (C=O) groups excluding carboxylic acids is 1. The molecule has 2 fully saturated rings. The predicted molar refractivity (Wildman–Crippen MR) is 93.8 cm³/mol.